The number of hydrogen-bond acceptors (Lipinski definition) is 4. The first-order valence-corrected chi connectivity index (χ1v) is 15.0. The molecule has 216 valence electrons. The minimum atomic E-state index is 0. The van der Waals surface area contributed by atoms with Crippen molar-refractivity contribution in [3.8, 4) is 0 Å². The fraction of sp³-hybridized carbons (Fsp3) is 0.514. The molecule has 2 aliphatic heterocycles. The number of likely N-dealkylation sites (N-methyl/N-ethyl adjacent to an activating group) is 1. The van der Waals surface area contributed by atoms with Crippen molar-refractivity contribution in [1.29, 1.82) is 0 Å². The lowest BCUT2D eigenvalue weighted by atomic mass is 9.68. The number of anilines is 1. The van der Waals surface area contributed by atoms with Crippen molar-refractivity contribution in [3.63, 3.8) is 0 Å². The van der Waals surface area contributed by atoms with Crippen LogP contribution >= 0.6 is 0 Å². The van der Waals surface area contributed by atoms with Gasteiger partial charge in [0.05, 0.1) is 6.04 Å². The summed E-state index contributed by atoms with van der Waals surface area (Å²) in [7, 11) is 2.05. The lowest BCUT2D eigenvalue weighted by Gasteiger charge is -2.53. The van der Waals surface area contributed by atoms with Gasteiger partial charge in [0.25, 0.3) is 0 Å². The van der Waals surface area contributed by atoms with Gasteiger partial charge in [-0.05, 0) is 78.8 Å². The van der Waals surface area contributed by atoms with Gasteiger partial charge in [0.1, 0.15) is 5.84 Å². The summed E-state index contributed by atoms with van der Waals surface area (Å²) < 4.78 is 0. The van der Waals surface area contributed by atoms with Crippen molar-refractivity contribution >= 4 is 24.2 Å². The number of allylic oxidation sites excluding steroid dienone is 2. The van der Waals surface area contributed by atoms with Gasteiger partial charge in [0, 0.05) is 52.3 Å². The number of amidine groups is 1. The van der Waals surface area contributed by atoms with E-state index in [1.807, 2.05) is 13.2 Å². The number of nitrogens with one attached hydrogen (secondary N) is 1. The Balaban J connectivity index is 0.00000161. The Morgan fingerprint density at radius 3 is 2.54 bits per heavy atom. The fourth-order valence-corrected chi connectivity index (χ4v) is 5.85. The van der Waals surface area contributed by atoms with Gasteiger partial charge >= 0.3 is 0 Å². The predicted molar refractivity (Wildman–Crippen MR) is 176 cm³/mol. The molecule has 0 aromatic heterocycles. The van der Waals surface area contributed by atoms with Crippen LogP contribution in [-0.4, -0.2) is 48.4 Å². The molecule has 2 atom stereocenters. The maximum Gasteiger partial charge on any atom is 0.123 e. The van der Waals surface area contributed by atoms with Gasteiger partial charge in [-0.15, -0.1) is 0 Å². The molecule has 4 nitrogen and oxygen atoms in total. The fourth-order valence-electron chi connectivity index (χ4n) is 5.85. The zero-order chi connectivity index (χ0) is 28.6. The summed E-state index contributed by atoms with van der Waals surface area (Å²) in [5.41, 5.74) is 5.02. The van der Waals surface area contributed by atoms with Crippen LogP contribution in [0, 0.1) is 11.3 Å². The molecular formula is C35H56N4. The first-order chi connectivity index (χ1) is 18.7. The highest BCUT2D eigenvalue weighted by molar-refractivity contribution is 5.96. The Morgan fingerprint density at radius 2 is 1.92 bits per heavy atom. The van der Waals surface area contributed by atoms with Gasteiger partial charge in [-0.3, -0.25) is 4.99 Å². The summed E-state index contributed by atoms with van der Waals surface area (Å²) in [4.78, 5) is 9.52. The topological polar surface area (TPSA) is 30.9 Å². The summed E-state index contributed by atoms with van der Waals surface area (Å²) in [6.45, 7) is 26.5. The SMILES string of the molecule is C=CN(C)C(C)C(/C=c1/cc(NC(=C)C2=CC(N3CC4(CCCCC4)C3)=NCC2C)ccc1=C)=C/C.CCC.[HH].[HH]. The molecule has 1 saturated carbocycles. The van der Waals surface area contributed by atoms with E-state index in [-0.39, 0.29) is 8.90 Å². The molecule has 39 heavy (non-hydrogen) atoms. The largest absolute Gasteiger partial charge is 0.374 e. The summed E-state index contributed by atoms with van der Waals surface area (Å²) in [5, 5.41) is 5.70. The molecule has 4 rings (SSSR count). The van der Waals surface area contributed by atoms with E-state index >= 15 is 0 Å². The van der Waals surface area contributed by atoms with Crippen molar-refractivity contribution in [2.24, 2.45) is 16.3 Å². The maximum atomic E-state index is 4.92. The summed E-state index contributed by atoms with van der Waals surface area (Å²) in [5.74, 6) is 1.49. The van der Waals surface area contributed by atoms with Crippen LogP contribution in [0.5, 0.6) is 0 Å². The lowest BCUT2D eigenvalue weighted by Crippen LogP contribution is -2.59. The van der Waals surface area contributed by atoms with E-state index in [0.717, 1.165) is 34.2 Å². The van der Waals surface area contributed by atoms with Crippen LogP contribution in [-0.2, 0) is 0 Å². The first-order valence-electron chi connectivity index (χ1n) is 15.0. The molecule has 0 radical (unpaired) electrons. The van der Waals surface area contributed by atoms with E-state index in [2.05, 4.69) is 106 Å². The molecule has 4 heteroatoms. The molecule has 0 bridgehead atoms. The molecule has 3 aliphatic rings. The van der Waals surface area contributed by atoms with E-state index in [4.69, 9.17) is 4.99 Å². The summed E-state index contributed by atoms with van der Waals surface area (Å²) >= 11 is 0. The van der Waals surface area contributed by atoms with Crippen molar-refractivity contribution < 1.29 is 2.85 Å². The Hall–Kier alpha value is -3.01. The second kappa shape index (κ2) is 13.9. The van der Waals surface area contributed by atoms with Crippen LogP contribution in [0.1, 0.15) is 76.0 Å². The molecule has 1 spiro atoms. The summed E-state index contributed by atoms with van der Waals surface area (Å²) in [6.07, 6.45) is 16.7. The molecule has 1 N–H and O–H groups in total. The van der Waals surface area contributed by atoms with Gasteiger partial charge in [-0.25, -0.2) is 0 Å². The number of nitrogens with zero attached hydrogens (tertiary/aromatic N) is 3. The van der Waals surface area contributed by atoms with Crippen molar-refractivity contribution in [1.82, 2.24) is 9.80 Å². The Bertz CT molecular complexity index is 1220. The van der Waals surface area contributed by atoms with Crippen molar-refractivity contribution in [2.75, 3.05) is 32.0 Å². The minimum absolute atomic E-state index is 0. The Morgan fingerprint density at radius 1 is 1.26 bits per heavy atom. The van der Waals surface area contributed by atoms with E-state index in [9.17, 15) is 0 Å². The number of dihydropyridines is 1. The second-order valence-corrected chi connectivity index (χ2v) is 11.8. The zero-order valence-electron chi connectivity index (χ0n) is 25.5. The molecule has 1 aromatic carbocycles. The standard InChI is InChI=1S/C32H44N4.C3H8.2H2/c1-8-27(26(6)35(7)9-2)17-28-18-29(14-13-23(28)3)34-25(5)30-19-31(33-20-24(30)4)36-21-32(22-36)15-11-10-12-16-32;1-3-2;;/h8-9,13-14,17-19,24,26,34H,2-3,5,10-12,15-16,20-22H2,1,4,6-7H3;3H2,1-2H3;2*1H/b27-8+,28-17-;;;. The quantitative estimate of drug-likeness (QED) is 0.398. The smallest absolute Gasteiger partial charge is 0.123 e. The van der Waals surface area contributed by atoms with Crippen LogP contribution in [0.15, 0.2) is 71.5 Å². The lowest BCUT2D eigenvalue weighted by molar-refractivity contribution is 0.0211. The predicted octanol–water partition coefficient (Wildman–Crippen LogP) is 7.36. The highest BCUT2D eigenvalue weighted by atomic mass is 15.3. The minimum Gasteiger partial charge on any atom is -0.374 e. The highest BCUT2D eigenvalue weighted by Crippen LogP contribution is 2.44. The van der Waals surface area contributed by atoms with Crippen molar-refractivity contribution in [3.05, 3.63) is 77.0 Å². The van der Waals surface area contributed by atoms with Crippen LogP contribution in [0.25, 0.3) is 12.7 Å². The third-order valence-corrected chi connectivity index (χ3v) is 8.46. The highest BCUT2D eigenvalue weighted by Gasteiger charge is 2.44. The van der Waals surface area contributed by atoms with Crippen LogP contribution < -0.4 is 15.8 Å². The number of hydrogen-bond donors (Lipinski definition) is 1. The van der Waals surface area contributed by atoms with E-state index < -0.39 is 0 Å². The molecule has 2 heterocycles. The van der Waals surface area contributed by atoms with Gasteiger partial charge in [-0.1, -0.05) is 78.3 Å². The first kappa shape index (κ1) is 30.5. The van der Waals surface area contributed by atoms with Crippen LogP contribution in [0.2, 0.25) is 0 Å². The van der Waals surface area contributed by atoms with Crippen molar-refractivity contribution in [2.45, 2.75) is 79.2 Å². The normalized spacial score (nSPS) is 21.6. The average Bonchev–Trinajstić information content (AvgIpc) is 2.92. The number of benzene rings is 1. The Kier molecular flexibility index (Phi) is 10.9. The average molecular weight is 533 g/mol. The molecule has 1 saturated heterocycles. The third kappa shape index (κ3) is 7.56. The number of rotatable bonds is 7. The number of likely N-dealkylation sites (tertiary alicyclic amines) is 1. The van der Waals surface area contributed by atoms with Gasteiger partial charge in [0.15, 0.2) is 0 Å². The molecule has 1 aromatic rings. The van der Waals surface area contributed by atoms with E-state index in [1.54, 1.807) is 0 Å². The molecule has 2 unspecified atom stereocenters. The molecule has 2 fully saturated rings. The van der Waals surface area contributed by atoms with Crippen LogP contribution in [0.3, 0.4) is 0 Å². The monoisotopic (exact) mass is 532 g/mol. The molecule has 1 aliphatic carbocycles. The second-order valence-electron chi connectivity index (χ2n) is 11.8. The third-order valence-electron chi connectivity index (χ3n) is 8.46. The van der Waals surface area contributed by atoms with E-state index in [1.165, 1.54) is 62.8 Å². The molecule has 0 amide bonds. The Labute approximate surface area is 241 Å². The summed E-state index contributed by atoms with van der Waals surface area (Å²) in [6, 6.07) is 6.57. The van der Waals surface area contributed by atoms with Gasteiger partial charge < -0.3 is 15.1 Å². The zero-order valence-corrected chi connectivity index (χ0v) is 25.5. The van der Waals surface area contributed by atoms with Crippen LogP contribution in [0.4, 0.5) is 5.69 Å². The van der Waals surface area contributed by atoms with Gasteiger partial charge in [-0.2, -0.15) is 0 Å². The van der Waals surface area contributed by atoms with Gasteiger partial charge in [0.2, 0.25) is 0 Å². The molecular weight excluding hydrogens is 476 g/mol. The van der Waals surface area contributed by atoms with E-state index in [0.29, 0.717) is 11.3 Å². The maximum absolute atomic E-state index is 4.92. The number of aliphatic imine (C=N–C) groups is 1.